The number of benzene rings is 4. The fourth-order valence-electron chi connectivity index (χ4n) is 8.89. The normalized spacial score (nSPS) is 17.5. The van der Waals surface area contributed by atoms with Crippen molar-refractivity contribution in [3.05, 3.63) is 84.4 Å². The van der Waals surface area contributed by atoms with E-state index in [2.05, 4.69) is 75.9 Å². The number of hydrogen-bond donors (Lipinski definition) is 4. The van der Waals surface area contributed by atoms with Crippen LogP contribution >= 0.6 is 0 Å². The second-order valence-corrected chi connectivity index (χ2v) is 16.0. The van der Waals surface area contributed by atoms with Crippen molar-refractivity contribution < 1.29 is 38.5 Å². The van der Waals surface area contributed by atoms with Crippen molar-refractivity contribution in [3.63, 3.8) is 0 Å². The molecule has 0 aliphatic carbocycles. The van der Waals surface area contributed by atoms with Gasteiger partial charge in [-0.15, -0.1) is 0 Å². The molecule has 0 bridgehead atoms. The maximum Gasteiger partial charge on any atom is 0.407 e. The molecule has 4 amide bonds. The summed E-state index contributed by atoms with van der Waals surface area (Å²) in [6.45, 7) is 1.67. The molecule has 16 heteroatoms. The summed E-state index contributed by atoms with van der Waals surface area (Å²) in [6.07, 6.45) is 1.87. The first-order chi connectivity index (χ1) is 30.1. The molecule has 0 spiro atoms. The molecule has 0 radical (unpaired) electrons. The lowest BCUT2D eigenvalue weighted by molar-refractivity contribution is -0.137. The smallest absolute Gasteiger partial charge is 0.407 e. The summed E-state index contributed by atoms with van der Waals surface area (Å²) in [5, 5.41) is 14.5. The van der Waals surface area contributed by atoms with Gasteiger partial charge in [0.1, 0.15) is 23.7 Å². The summed E-state index contributed by atoms with van der Waals surface area (Å²) in [5.41, 5.74) is 7.45. The Morgan fingerprint density at radius 3 is 1.71 bits per heavy atom. The van der Waals surface area contributed by atoms with Gasteiger partial charge in [0.05, 0.1) is 41.3 Å². The number of H-pyrrole nitrogens is 2. The van der Waals surface area contributed by atoms with Gasteiger partial charge in [-0.3, -0.25) is 14.5 Å². The average Bonchev–Trinajstić information content (AvgIpc) is 4.12. The quantitative estimate of drug-likeness (QED) is 0.0884. The number of aromatic nitrogens is 4. The van der Waals surface area contributed by atoms with Gasteiger partial charge in [0, 0.05) is 60.4 Å². The van der Waals surface area contributed by atoms with Crippen LogP contribution < -0.4 is 5.32 Å². The summed E-state index contributed by atoms with van der Waals surface area (Å²) < 4.78 is 15.1. The van der Waals surface area contributed by atoms with Crippen molar-refractivity contribution in [2.75, 3.05) is 54.7 Å². The van der Waals surface area contributed by atoms with Crippen LogP contribution in [0.2, 0.25) is 0 Å². The van der Waals surface area contributed by atoms with Crippen LogP contribution in [0.1, 0.15) is 62.3 Å². The molecule has 2 aliphatic heterocycles. The van der Waals surface area contributed by atoms with Crippen LogP contribution in [0.5, 0.6) is 0 Å². The van der Waals surface area contributed by atoms with Gasteiger partial charge in [-0.05, 0) is 95.1 Å². The van der Waals surface area contributed by atoms with Crippen LogP contribution in [0, 0.1) is 0 Å². The standard InChI is InChI=1S/C46H52N8O8/c1-52(46(58)59)40(18-22-61-3)44(56)54-20-6-8-39(54)42-48-34-16-14-32(26-37(34)50-42)30-12-10-27-23-29(11-9-28(27)24-30)31-13-15-33-36(25-31)49-41(47-33)38-7-5-19-53(38)43(55)35(17-21-60-2)51-45(57)62-4/h9-16,23-26,35,38-40H,5-8,17-22H2,1-4H3,(H,47,49)(H,48,50)(H,51,57)(H,58,59)/t35-,38?,39-,40-/m0/s1. The molecule has 6 aromatic rings. The number of carbonyl (C=O) groups excluding carboxylic acids is 3. The number of likely N-dealkylation sites (N-methyl/N-ethyl adjacent to an activating group) is 1. The zero-order valence-corrected chi connectivity index (χ0v) is 35.3. The van der Waals surface area contributed by atoms with Crippen LogP contribution in [-0.2, 0) is 23.8 Å². The number of nitrogens with one attached hydrogen (secondary N) is 3. The molecule has 62 heavy (non-hydrogen) atoms. The highest BCUT2D eigenvalue weighted by Crippen LogP contribution is 2.36. The molecule has 16 nitrogen and oxygen atoms in total. The fraction of sp³-hybridized carbons (Fsp3) is 0.391. The van der Waals surface area contributed by atoms with Crippen molar-refractivity contribution >= 4 is 56.8 Å². The number of fused-ring (bicyclic) bond motifs is 3. The Bertz CT molecular complexity index is 2620. The van der Waals surface area contributed by atoms with Gasteiger partial charge in [0.2, 0.25) is 11.8 Å². The molecule has 1 unspecified atom stereocenters. The van der Waals surface area contributed by atoms with Gasteiger partial charge in [0.15, 0.2) is 0 Å². The number of methoxy groups -OCH3 is 3. The predicted molar refractivity (Wildman–Crippen MR) is 233 cm³/mol. The lowest BCUT2D eigenvalue weighted by Gasteiger charge is -2.31. The third-order valence-electron chi connectivity index (χ3n) is 12.2. The largest absolute Gasteiger partial charge is 0.465 e. The van der Waals surface area contributed by atoms with Gasteiger partial charge in [-0.1, -0.05) is 36.4 Å². The summed E-state index contributed by atoms with van der Waals surface area (Å²) in [6, 6.07) is 22.9. The van der Waals surface area contributed by atoms with E-state index in [0.29, 0.717) is 37.8 Å². The topological polar surface area (TPSA) is 195 Å². The number of imidazole rings is 2. The maximum atomic E-state index is 13.7. The Balaban J connectivity index is 0.987. The van der Waals surface area contributed by atoms with E-state index >= 15 is 0 Å². The number of nitrogens with zero attached hydrogens (tertiary/aromatic N) is 5. The first-order valence-corrected chi connectivity index (χ1v) is 21.0. The van der Waals surface area contributed by atoms with Crippen LogP contribution in [0.15, 0.2) is 72.8 Å². The maximum absolute atomic E-state index is 13.7. The molecule has 2 aliphatic rings. The number of ether oxygens (including phenoxy) is 3. The first kappa shape index (κ1) is 42.2. The number of carboxylic acid groups (broad SMARTS) is 1. The van der Waals surface area contributed by atoms with E-state index in [1.807, 2.05) is 12.1 Å². The molecule has 4 aromatic carbocycles. The van der Waals surface area contributed by atoms with E-state index in [0.717, 1.165) is 85.7 Å². The Labute approximate surface area is 358 Å². The number of carbonyl (C=O) groups is 4. The number of hydrogen-bond acceptors (Lipinski definition) is 9. The molecule has 2 saturated heterocycles. The zero-order valence-electron chi connectivity index (χ0n) is 35.3. The summed E-state index contributed by atoms with van der Waals surface area (Å²) in [5.74, 6) is 0.969. The molecule has 4 heterocycles. The van der Waals surface area contributed by atoms with Crippen LogP contribution in [-0.4, -0.2) is 131 Å². The number of alkyl carbamates (subject to hydrolysis) is 1. The monoisotopic (exact) mass is 844 g/mol. The summed E-state index contributed by atoms with van der Waals surface area (Å²) in [7, 11) is 5.79. The van der Waals surface area contributed by atoms with E-state index in [9.17, 15) is 24.3 Å². The number of rotatable bonds is 14. The average molecular weight is 845 g/mol. The zero-order chi connectivity index (χ0) is 43.5. The third-order valence-corrected chi connectivity index (χ3v) is 12.2. The highest BCUT2D eigenvalue weighted by Gasteiger charge is 2.39. The minimum atomic E-state index is -1.16. The van der Waals surface area contributed by atoms with Crippen LogP contribution in [0.3, 0.4) is 0 Å². The second kappa shape index (κ2) is 18.2. The van der Waals surface area contributed by atoms with Crippen molar-refractivity contribution in [1.82, 2.24) is 40.0 Å². The Kier molecular flexibility index (Phi) is 12.4. The number of likely N-dealkylation sites (tertiary alicyclic amines) is 2. The van der Waals surface area contributed by atoms with Crippen molar-refractivity contribution in [2.24, 2.45) is 0 Å². The lowest BCUT2D eigenvalue weighted by Crippen LogP contribution is -2.49. The van der Waals surface area contributed by atoms with Crippen molar-refractivity contribution in [3.8, 4) is 22.3 Å². The predicted octanol–water partition coefficient (Wildman–Crippen LogP) is 7.03. The van der Waals surface area contributed by atoms with Gasteiger partial charge >= 0.3 is 12.2 Å². The SMILES string of the molecule is COCC[C@H](NC(=O)OC)C(=O)N1CCCC1c1nc2cc(-c3ccc4cc(-c5ccc6[nH]c([C@@H]7CCCN7C(=O)[C@H](CCOC)N(C)C(=O)O)nc6c5)ccc4c3)ccc2[nH]1. The third kappa shape index (κ3) is 8.52. The lowest BCUT2D eigenvalue weighted by atomic mass is 9.97. The van der Waals surface area contributed by atoms with Gasteiger partial charge in [-0.25, -0.2) is 19.6 Å². The second-order valence-electron chi connectivity index (χ2n) is 16.0. The van der Waals surface area contributed by atoms with E-state index < -0.39 is 24.3 Å². The van der Waals surface area contributed by atoms with Crippen LogP contribution in [0.4, 0.5) is 9.59 Å². The molecule has 324 valence electrons. The number of aromatic amines is 2. The summed E-state index contributed by atoms with van der Waals surface area (Å²) in [4.78, 5) is 72.7. The van der Waals surface area contributed by atoms with E-state index in [1.165, 1.54) is 21.3 Å². The van der Waals surface area contributed by atoms with Gasteiger partial charge < -0.3 is 44.4 Å². The van der Waals surface area contributed by atoms with Gasteiger partial charge in [-0.2, -0.15) is 0 Å². The van der Waals surface area contributed by atoms with E-state index in [1.54, 1.807) is 16.9 Å². The highest BCUT2D eigenvalue weighted by molar-refractivity contribution is 5.93. The molecule has 4 atom stereocenters. The molecule has 2 aromatic heterocycles. The molecule has 4 N–H and O–H groups in total. The molecule has 0 saturated carbocycles. The van der Waals surface area contributed by atoms with Crippen molar-refractivity contribution in [2.45, 2.75) is 62.7 Å². The summed E-state index contributed by atoms with van der Waals surface area (Å²) >= 11 is 0. The minimum Gasteiger partial charge on any atom is -0.465 e. The molecule has 2 fully saturated rings. The first-order valence-electron chi connectivity index (χ1n) is 21.0. The Morgan fingerprint density at radius 2 is 1.21 bits per heavy atom. The number of amides is 4. The minimum absolute atomic E-state index is 0.190. The van der Waals surface area contributed by atoms with Crippen LogP contribution in [0.25, 0.3) is 55.1 Å². The van der Waals surface area contributed by atoms with Gasteiger partial charge in [0.25, 0.3) is 0 Å². The van der Waals surface area contributed by atoms with E-state index in [-0.39, 0.29) is 36.9 Å². The Morgan fingerprint density at radius 1 is 0.726 bits per heavy atom. The fourth-order valence-corrected chi connectivity index (χ4v) is 8.89. The molecular weight excluding hydrogens is 793 g/mol. The molecular formula is C46H52N8O8. The Hall–Kier alpha value is -6.52. The van der Waals surface area contributed by atoms with Crippen molar-refractivity contribution in [1.29, 1.82) is 0 Å². The highest BCUT2D eigenvalue weighted by atomic mass is 16.5. The molecule has 8 rings (SSSR count). The van der Waals surface area contributed by atoms with E-state index in [4.69, 9.17) is 24.2 Å².